The van der Waals surface area contributed by atoms with Gasteiger partial charge in [0.05, 0.1) is 24.4 Å². The maximum absolute atomic E-state index is 12.0. The minimum atomic E-state index is 0.149. The van der Waals surface area contributed by atoms with Crippen molar-refractivity contribution in [3.05, 3.63) is 18.0 Å². The van der Waals surface area contributed by atoms with E-state index in [4.69, 9.17) is 4.74 Å². The third-order valence-electron chi connectivity index (χ3n) is 4.32. The molecule has 1 aliphatic carbocycles. The predicted molar refractivity (Wildman–Crippen MR) is 75.1 cm³/mol. The van der Waals surface area contributed by atoms with Gasteiger partial charge in [0.15, 0.2) is 0 Å². The van der Waals surface area contributed by atoms with Crippen molar-refractivity contribution in [2.75, 3.05) is 0 Å². The average molecular weight is 277 g/mol. The maximum atomic E-state index is 12.0. The number of nitrogens with zero attached hydrogens (tertiary/aromatic N) is 2. The van der Waals surface area contributed by atoms with Gasteiger partial charge in [-0.15, -0.1) is 0 Å². The van der Waals surface area contributed by atoms with E-state index in [1.807, 2.05) is 16.9 Å². The molecule has 2 heterocycles. The SMILES string of the molecule is O=C1CCCCn2nccc2CO[C@@H]2CCCC[C@@H]2N1. The van der Waals surface area contributed by atoms with Gasteiger partial charge in [0.1, 0.15) is 0 Å². The second kappa shape index (κ2) is 6.39. The Hall–Kier alpha value is -1.36. The number of carbonyl (C=O) groups excluding carboxylic acids is 1. The van der Waals surface area contributed by atoms with Crippen LogP contribution in [0, 0.1) is 0 Å². The molecule has 3 rings (SSSR count). The summed E-state index contributed by atoms with van der Waals surface area (Å²) >= 11 is 0. The molecule has 2 aliphatic rings. The number of hydrogen-bond donors (Lipinski definition) is 1. The zero-order valence-electron chi connectivity index (χ0n) is 11.9. The van der Waals surface area contributed by atoms with E-state index in [1.54, 1.807) is 0 Å². The lowest BCUT2D eigenvalue weighted by molar-refractivity contribution is -0.124. The Balaban J connectivity index is 1.73. The maximum Gasteiger partial charge on any atom is 0.220 e. The summed E-state index contributed by atoms with van der Waals surface area (Å²) in [5.41, 5.74) is 1.14. The molecule has 0 radical (unpaired) electrons. The van der Waals surface area contributed by atoms with Gasteiger partial charge in [0, 0.05) is 19.2 Å². The molecule has 1 fully saturated rings. The van der Waals surface area contributed by atoms with Crippen LogP contribution in [0.1, 0.15) is 50.6 Å². The van der Waals surface area contributed by atoms with E-state index in [0.717, 1.165) is 37.9 Å². The Kier molecular flexibility index (Phi) is 4.35. The zero-order chi connectivity index (χ0) is 13.8. The molecule has 0 spiro atoms. The molecule has 0 saturated heterocycles. The fourth-order valence-electron chi connectivity index (χ4n) is 3.16. The molecule has 5 heteroatoms. The molecule has 2 atom stereocenters. The molecule has 0 unspecified atom stereocenters. The fraction of sp³-hybridized carbons (Fsp3) is 0.733. The Morgan fingerprint density at radius 1 is 1.25 bits per heavy atom. The van der Waals surface area contributed by atoms with Crippen LogP contribution in [-0.4, -0.2) is 27.8 Å². The van der Waals surface area contributed by atoms with E-state index in [-0.39, 0.29) is 18.1 Å². The smallest absolute Gasteiger partial charge is 0.220 e. The quantitative estimate of drug-likeness (QED) is 0.789. The number of rotatable bonds is 0. The van der Waals surface area contributed by atoms with Gasteiger partial charge in [0.2, 0.25) is 5.91 Å². The van der Waals surface area contributed by atoms with Gasteiger partial charge in [-0.1, -0.05) is 12.8 Å². The molecule has 1 saturated carbocycles. The van der Waals surface area contributed by atoms with E-state index in [9.17, 15) is 4.79 Å². The highest BCUT2D eigenvalue weighted by Crippen LogP contribution is 2.23. The lowest BCUT2D eigenvalue weighted by atomic mass is 9.92. The van der Waals surface area contributed by atoms with Crippen LogP contribution in [0.2, 0.25) is 0 Å². The van der Waals surface area contributed by atoms with Gasteiger partial charge in [-0.2, -0.15) is 5.10 Å². The summed E-state index contributed by atoms with van der Waals surface area (Å²) in [6.45, 7) is 1.46. The first-order valence-corrected chi connectivity index (χ1v) is 7.74. The molecule has 0 aromatic carbocycles. The predicted octanol–water partition coefficient (Wildman–Crippen LogP) is 2.01. The molecule has 110 valence electrons. The summed E-state index contributed by atoms with van der Waals surface area (Å²) in [5, 5.41) is 7.51. The topological polar surface area (TPSA) is 56.2 Å². The van der Waals surface area contributed by atoms with Gasteiger partial charge < -0.3 is 10.1 Å². The van der Waals surface area contributed by atoms with Crippen molar-refractivity contribution in [2.45, 2.75) is 70.2 Å². The number of ether oxygens (including phenoxy) is 1. The molecule has 20 heavy (non-hydrogen) atoms. The standard InChI is InChI=1S/C15H23N3O2/c19-15-7-3-4-10-18-12(8-9-16-18)11-20-14-6-2-1-5-13(14)17-15/h8-9,13-14H,1-7,10-11H2,(H,17,19)/t13-,14+/m0/s1. The summed E-state index contributed by atoms with van der Waals surface area (Å²) in [5.74, 6) is 0.173. The van der Waals surface area contributed by atoms with Crippen LogP contribution in [-0.2, 0) is 22.7 Å². The lowest BCUT2D eigenvalue weighted by Crippen LogP contribution is -2.46. The normalized spacial score (nSPS) is 28.5. The third kappa shape index (κ3) is 3.20. The van der Waals surface area contributed by atoms with Gasteiger partial charge in [-0.25, -0.2) is 0 Å². The van der Waals surface area contributed by atoms with Crippen molar-refractivity contribution in [3.8, 4) is 0 Å². The van der Waals surface area contributed by atoms with Crippen molar-refractivity contribution in [3.63, 3.8) is 0 Å². The van der Waals surface area contributed by atoms with Gasteiger partial charge >= 0.3 is 0 Å². The summed E-state index contributed by atoms with van der Waals surface area (Å²) < 4.78 is 8.09. The molecule has 0 bridgehead atoms. The minimum absolute atomic E-state index is 0.149. The second-order valence-electron chi connectivity index (χ2n) is 5.81. The fourth-order valence-corrected chi connectivity index (χ4v) is 3.16. The van der Waals surface area contributed by atoms with Crippen LogP contribution in [0.5, 0.6) is 0 Å². The molecule has 1 amide bonds. The molecule has 1 aromatic heterocycles. The number of aryl methyl sites for hydroxylation is 1. The number of amides is 1. The Labute approximate surface area is 119 Å². The van der Waals surface area contributed by atoms with Crippen LogP contribution in [0.3, 0.4) is 0 Å². The Bertz CT molecular complexity index is 458. The van der Waals surface area contributed by atoms with Crippen molar-refractivity contribution in [1.82, 2.24) is 15.1 Å². The highest BCUT2D eigenvalue weighted by Gasteiger charge is 2.27. The van der Waals surface area contributed by atoms with Crippen LogP contribution in [0.25, 0.3) is 0 Å². The largest absolute Gasteiger partial charge is 0.370 e. The summed E-state index contributed by atoms with van der Waals surface area (Å²) in [6.07, 6.45) is 8.95. The van der Waals surface area contributed by atoms with E-state index in [2.05, 4.69) is 10.4 Å². The Morgan fingerprint density at radius 2 is 2.15 bits per heavy atom. The summed E-state index contributed by atoms with van der Waals surface area (Å²) in [6, 6.07) is 2.22. The zero-order valence-corrected chi connectivity index (χ0v) is 11.9. The number of carbonyl (C=O) groups is 1. The molecule has 1 aliphatic heterocycles. The molecule has 1 N–H and O–H groups in total. The first-order valence-electron chi connectivity index (χ1n) is 7.74. The van der Waals surface area contributed by atoms with Crippen LogP contribution < -0.4 is 5.32 Å². The first kappa shape index (κ1) is 13.6. The van der Waals surface area contributed by atoms with Gasteiger partial charge in [0.25, 0.3) is 0 Å². The average Bonchev–Trinajstić information content (AvgIpc) is 2.89. The van der Waals surface area contributed by atoms with Gasteiger partial charge in [-0.05, 0) is 31.7 Å². The molecule has 1 aromatic rings. The number of aromatic nitrogens is 2. The number of nitrogens with one attached hydrogen (secondary N) is 1. The molecular weight excluding hydrogens is 254 g/mol. The van der Waals surface area contributed by atoms with E-state index < -0.39 is 0 Å². The lowest BCUT2D eigenvalue weighted by Gasteiger charge is -2.32. The number of hydrogen-bond acceptors (Lipinski definition) is 3. The minimum Gasteiger partial charge on any atom is -0.370 e. The highest BCUT2D eigenvalue weighted by atomic mass is 16.5. The van der Waals surface area contributed by atoms with E-state index in [0.29, 0.717) is 13.0 Å². The first-order chi connectivity index (χ1) is 9.83. The highest BCUT2D eigenvalue weighted by molar-refractivity contribution is 5.76. The van der Waals surface area contributed by atoms with Crippen LogP contribution in [0.4, 0.5) is 0 Å². The Morgan fingerprint density at radius 3 is 3.10 bits per heavy atom. The van der Waals surface area contributed by atoms with Crippen molar-refractivity contribution in [2.24, 2.45) is 0 Å². The van der Waals surface area contributed by atoms with E-state index >= 15 is 0 Å². The van der Waals surface area contributed by atoms with E-state index in [1.165, 1.54) is 12.8 Å². The second-order valence-corrected chi connectivity index (χ2v) is 5.81. The van der Waals surface area contributed by atoms with Crippen LogP contribution >= 0.6 is 0 Å². The van der Waals surface area contributed by atoms with Crippen molar-refractivity contribution < 1.29 is 9.53 Å². The third-order valence-corrected chi connectivity index (χ3v) is 4.32. The molecular formula is C15H23N3O2. The summed E-state index contributed by atoms with van der Waals surface area (Å²) in [7, 11) is 0. The van der Waals surface area contributed by atoms with Crippen molar-refractivity contribution in [1.29, 1.82) is 0 Å². The van der Waals surface area contributed by atoms with Crippen LogP contribution in [0.15, 0.2) is 12.3 Å². The monoisotopic (exact) mass is 277 g/mol. The van der Waals surface area contributed by atoms with Gasteiger partial charge in [-0.3, -0.25) is 9.48 Å². The van der Waals surface area contributed by atoms with Crippen molar-refractivity contribution >= 4 is 5.91 Å². The molecule has 5 nitrogen and oxygen atoms in total. The summed E-state index contributed by atoms with van der Waals surface area (Å²) in [4.78, 5) is 12.0. The number of fused-ring (bicyclic) bond motifs is 2.